The van der Waals surface area contributed by atoms with Crippen LogP contribution < -0.4 is 0 Å². The van der Waals surface area contributed by atoms with Crippen LogP contribution >= 0.6 is 0 Å². The molecule has 0 bridgehead atoms. The Hall–Kier alpha value is -2.38. The summed E-state index contributed by atoms with van der Waals surface area (Å²) in [7, 11) is 1.57. The zero-order valence-corrected chi connectivity index (χ0v) is 15.2. The van der Waals surface area contributed by atoms with E-state index in [1.165, 1.54) is 14.5 Å². The highest BCUT2D eigenvalue weighted by Crippen LogP contribution is 2.39. The average Bonchev–Trinajstić information content (AvgIpc) is 3.27. The minimum absolute atomic E-state index is 0.00982. The number of aliphatic carboxylic acids is 1. The first kappa shape index (κ1) is 18.4. The van der Waals surface area contributed by atoms with Crippen molar-refractivity contribution in [2.45, 2.75) is 57.2 Å². The minimum Gasteiger partial charge on any atom is -0.480 e. The normalized spacial score (nSPS) is 26.2. The Morgan fingerprint density at radius 3 is 2.69 bits per heavy atom. The molecule has 1 aliphatic heterocycles. The molecular weight excluding hydrogens is 336 g/mol. The summed E-state index contributed by atoms with van der Waals surface area (Å²) < 4.78 is 1.54. The molecule has 1 saturated carbocycles. The molecule has 26 heavy (non-hydrogen) atoms. The minimum atomic E-state index is -0.952. The van der Waals surface area contributed by atoms with Gasteiger partial charge in [-0.25, -0.2) is 4.79 Å². The summed E-state index contributed by atoms with van der Waals surface area (Å²) in [6.07, 6.45) is 7.75. The molecule has 0 radical (unpaired) electrons. The SMILES string of the molecule is CC(C(=O)N(C)CC(=O)N1C(C(=O)O)CC2CCCCC21)n1cccn1. The fourth-order valence-electron chi connectivity index (χ4n) is 4.34. The molecule has 2 fully saturated rings. The van der Waals surface area contributed by atoms with Crippen molar-refractivity contribution in [2.24, 2.45) is 5.92 Å². The number of carboxylic acids is 1. The third-order valence-electron chi connectivity index (χ3n) is 5.69. The highest BCUT2D eigenvalue weighted by atomic mass is 16.4. The molecular formula is C18H26N4O4. The molecule has 1 saturated heterocycles. The van der Waals surface area contributed by atoms with Gasteiger partial charge in [-0.2, -0.15) is 5.10 Å². The topological polar surface area (TPSA) is 95.7 Å². The summed E-state index contributed by atoms with van der Waals surface area (Å²) in [4.78, 5) is 40.0. The standard InChI is InChI=1S/C18H26N4O4/c1-12(21-9-5-8-19-21)17(24)20(2)11-16(23)22-14-7-4-3-6-13(14)10-15(22)18(25)26/h5,8-9,12-15H,3-4,6-7,10-11H2,1-2H3,(H,25,26). The third kappa shape index (κ3) is 3.45. The lowest BCUT2D eigenvalue weighted by Crippen LogP contribution is -2.50. The van der Waals surface area contributed by atoms with E-state index in [-0.39, 0.29) is 30.3 Å². The lowest BCUT2D eigenvalue weighted by atomic mass is 9.85. The maximum Gasteiger partial charge on any atom is 0.326 e. The smallest absolute Gasteiger partial charge is 0.326 e. The molecule has 3 rings (SSSR count). The van der Waals surface area contributed by atoms with Gasteiger partial charge in [-0.3, -0.25) is 14.3 Å². The van der Waals surface area contributed by atoms with Crippen LogP contribution in [0.1, 0.15) is 45.1 Å². The Morgan fingerprint density at radius 1 is 1.31 bits per heavy atom. The largest absolute Gasteiger partial charge is 0.480 e. The fraction of sp³-hybridized carbons (Fsp3) is 0.667. The van der Waals surface area contributed by atoms with E-state index in [1.54, 1.807) is 32.4 Å². The first-order valence-electron chi connectivity index (χ1n) is 9.18. The van der Waals surface area contributed by atoms with E-state index in [2.05, 4.69) is 5.10 Å². The monoisotopic (exact) mass is 362 g/mol. The van der Waals surface area contributed by atoms with Gasteiger partial charge in [-0.1, -0.05) is 12.8 Å². The maximum absolute atomic E-state index is 12.9. The predicted molar refractivity (Wildman–Crippen MR) is 93.2 cm³/mol. The van der Waals surface area contributed by atoms with E-state index in [0.29, 0.717) is 6.42 Å². The lowest BCUT2D eigenvalue weighted by Gasteiger charge is -2.34. The van der Waals surface area contributed by atoms with Gasteiger partial charge in [0.05, 0.1) is 6.54 Å². The summed E-state index contributed by atoms with van der Waals surface area (Å²) in [6.45, 7) is 1.61. The van der Waals surface area contributed by atoms with Crippen molar-refractivity contribution < 1.29 is 19.5 Å². The number of likely N-dealkylation sites (N-methyl/N-ethyl adjacent to an activating group) is 1. The molecule has 4 atom stereocenters. The van der Waals surface area contributed by atoms with Gasteiger partial charge in [0.25, 0.3) is 0 Å². The molecule has 142 valence electrons. The summed E-state index contributed by atoms with van der Waals surface area (Å²) in [6, 6.07) is 0.436. The Bertz CT molecular complexity index is 675. The maximum atomic E-state index is 12.9. The number of fused-ring (bicyclic) bond motifs is 1. The zero-order chi connectivity index (χ0) is 18.8. The number of carbonyl (C=O) groups is 3. The van der Waals surface area contributed by atoms with Crippen LogP contribution in [0.2, 0.25) is 0 Å². The Kier molecular flexibility index (Phi) is 5.29. The molecule has 8 nitrogen and oxygen atoms in total. The number of rotatable bonds is 5. The van der Waals surface area contributed by atoms with Gasteiger partial charge >= 0.3 is 5.97 Å². The number of carboxylic acid groups (broad SMARTS) is 1. The van der Waals surface area contributed by atoms with Crippen molar-refractivity contribution in [3.63, 3.8) is 0 Å². The molecule has 2 amide bonds. The van der Waals surface area contributed by atoms with E-state index >= 15 is 0 Å². The quantitative estimate of drug-likeness (QED) is 0.848. The van der Waals surface area contributed by atoms with Crippen molar-refractivity contribution in [2.75, 3.05) is 13.6 Å². The average molecular weight is 362 g/mol. The number of aromatic nitrogens is 2. The zero-order valence-electron chi connectivity index (χ0n) is 15.2. The van der Waals surface area contributed by atoms with Crippen molar-refractivity contribution in [3.8, 4) is 0 Å². The van der Waals surface area contributed by atoms with Gasteiger partial charge in [0.1, 0.15) is 12.1 Å². The van der Waals surface area contributed by atoms with Gasteiger partial charge in [-0.15, -0.1) is 0 Å². The van der Waals surface area contributed by atoms with Gasteiger partial charge < -0.3 is 14.9 Å². The number of hydrogen-bond donors (Lipinski definition) is 1. The highest BCUT2D eigenvalue weighted by molar-refractivity contribution is 5.89. The van der Waals surface area contributed by atoms with Crippen LogP contribution in [-0.2, 0) is 14.4 Å². The number of amides is 2. The van der Waals surface area contributed by atoms with Crippen LogP contribution in [0.15, 0.2) is 18.5 Å². The molecule has 0 aromatic carbocycles. The number of likely N-dealkylation sites (tertiary alicyclic amines) is 1. The van der Waals surface area contributed by atoms with Gasteiger partial charge in [0.2, 0.25) is 11.8 Å². The number of hydrogen-bond acceptors (Lipinski definition) is 4. The van der Waals surface area contributed by atoms with Crippen LogP contribution in [0.3, 0.4) is 0 Å². The van der Waals surface area contributed by atoms with Crippen LogP contribution in [-0.4, -0.2) is 68.1 Å². The van der Waals surface area contributed by atoms with Crippen molar-refractivity contribution >= 4 is 17.8 Å². The first-order valence-corrected chi connectivity index (χ1v) is 9.18. The molecule has 2 aliphatic rings. The van der Waals surface area contributed by atoms with Crippen molar-refractivity contribution in [1.29, 1.82) is 0 Å². The lowest BCUT2D eigenvalue weighted by molar-refractivity contribution is -0.151. The highest BCUT2D eigenvalue weighted by Gasteiger charge is 2.47. The second-order valence-electron chi connectivity index (χ2n) is 7.36. The first-order chi connectivity index (χ1) is 12.4. The Balaban J connectivity index is 1.69. The van der Waals surface area contributed by atoms with Crippen LogP contribution in [0.4, 0.5) is 0 Å². The number of nitrogens with zero attached hydrogens (tertiary/aromatic N) is 4. The molecule has 1 N–H and O–H groups in total. The van der Waals surface area contributed by atoms with Gasteiger partial charge in [-0.05, 0) is 38.2 Å². The van der Waals surface area contributed by atoms with E-state index < -0.39 is 18.1 Å². The summed E-state index contributed by atoms with van der Waals surface area (Å²) in [5, 5.41) is 13.6. The fourth-order valence-corrected chi connectivity index (χ4v) is 4.34. The summed E-state index contributed by atoms with van der Waals surface area (Å²) in [5.41, 5.74) is 0. The molecule has 1 aromatic rings. The second-order valence-corrected chi connectivity index (χ2v) is 7.36. The Morgan fingerprint density at radius 2 is 2.04 bits per heavy atom. The molecule has 1 aromatic heterocycles. The molecule has 2 heterocycles. The summed E-state index contributed by atoms with van der Waals surface area (Å²) >= 11 is 0. The second kappa shape index (κ2) is 7.47. The Labute approximate surface area is 152 Å². The van der Waals surface area contributed by atoms with Crippen LogP contribution in [0.5, 0.6) is 0 Å². The third-order valence-corrected chi connectivity index (χ3v) is 5.69. The van der Waals surface area contributed by atoms with E-state index in [4.69, 9.17) is 0 Å². The van der Waals surface area contributed by atoms with Crippen LogP contribution in [0.25, 0.3) is 0 Å². The molecule has 8 heteroatoms. The van der Waals surface area contributed by atoms with E-state index in [1.807, 2.05) is 0 Å². The van der Waals surface area contributed by atoms with Crippen molar-refractivity contribution in [3.05, 3.63) is 18.5 Å². The van der Waals surface area contributed by atoms with Gasteiger partial charge in [0, 0.05) is 25.5 Å². The van der Waals surface area contributed by atoms with Crippen molar-refractivity contribution in [1.82, 2.24) is 19.6 Å². The van der Waals surface area contributed by atoms with E-state index in [9.17, 15) is 19.5 Å². The van der Waals surface area contributed by atoms with Crippen LogP contribution in [0, 0.1) is 5.92 Å². The molecule has 0 spiro atoms. The summed E-state index contributed by atoms with van der Waals surface area (Å²) in [5.74, 6) is -1.20. The van der Waals surface area contributed by atoms with Gasteiger partial charge in [0.15, 0.2) is 0 Å². The number of carbonyl (C=O) groups excluding carboxylic acids is 2. The van der Waals surface area contributed by atoms with E-state index in [0.717, 1.165) is 25.7 Å². The molecule has 4 unspecified atom stereocenters. The molecule has 1 aliphatic carbocycles. The predicted octanol–water partition coefficient (Wildman–Crippen LogP) is 1.15.